The number of nitrogens with zero attached hydrogens (tertiary/aromatic N) is 3. The van der Waals surface area contributed by atoms with Gasteiger partial charge in [0.1, 0.15) is 5.75 Å². The van der Waals surface area contributed by atoms with Crippen LogP contribution in [0.2, 0.25) is 15.1 Å². The van der Waals surface area contributed by atoms with Crippen molar-refractivity contribution in [2.45, 2.75) is 18.6 Å². The number of methoxy groups -OCH3 is 1. The van der Waals surface area contributed by atoms with E-state index in [1.54, 1.807) is 7.11 Å². The highest BCUT2D eigenvalue weighted by molar-refractivity contribution is 7.99. The average Bonchev–Trinajstić information content (AvgIpc) is 3.11. The first kappa shape index (κ1) is 21.8. The van der Waals surface area contributed by atoms with E-state index in [1.165, 1.54) is 23.9 Å². The first-order valence-corrected chi connectivity index (χ1v) is 10.7. The number of nitrogens with one attached hydrogen (secondary N) is 1. The topological polar surface area (TPSA) is 69.0 Å². The zero-order chi connectivity index (χ0) is 21.0. The number of anilines is 1. The van der Waals surface area contributed by atoms with Gasteiger partial charge in [-0.2, -0.15) is 0 Å². The molecule has 0 aliphatic rings. The Morgan fingerprint density at radius 2 is 1.86 bits per heavy atom. The fraction of sp³-hybridized carbons (Fsp3) is 0.211. The maximum Gasteiger partial charge on any atom is 0.234 e. The van der Waals surface area contributed by atoms with Crippen molar-refractivity contribution in [2.24, 2.45) is 0 Å². The second-order valence-corrected chi connectivity index (χ2v) is 8.03. The fourth-order valence-electron chi connectivity index (χ4n) is 2.68. The first-order chi connectivity index (χ1) is 13.9. The number of thioether (sulfide) groups is 1. The molecule has 0 radical (unpaired) electrons. The molecule has 0 unspecified atom stereocenters. The van der Waals surface area contributed by atoms with Gasteiger partial charge in [0.25, 0.3) is 0 Å². The van der Waals surface area contributed by atoms with Gasteiger partial charge in [0, 0.05) is 11.6 Å². The number of carbonyl (C=O) groups is 1. The zero-order valence-electron chi connectivity index (χ0n) is 15.6. The van der Waals surface area contributed by atoms with Crippen LogP contribution in [0.25, 0.3) is 11.4 Å². The summed E-state index contributed by atoms with van der Waals surface area (Å²) >= 11 is 19.4. The zero-order valence-corrected chi connectivity index (χ0v) is 18.7. The SMILES string of the molecule is CCn1c(SCC(=O)Nc2c(Cl)cc(Cl)cc2Cl)nnc1-c1ccccc1OC. The molecule has 0 aliphatic heterocycles. The van der Waals surface area contributed by atoms with Crippen molar-refractivity contribution in [3.8, 4) is 17.1 Å². The molecule has 0 fully saturated rings. The third kappa shape index (κ3) is 4.98. The third-order valence-electron chi connectivity index (χ3n) is 3.98. The van der Waals surface area contributed by atoms with Crippen molar-refractivity contribution in [3.05, 3.63) is 51.5 Å². The van der Waals surface area contributed by atoms with Crippen molar-refractivity contribution >= 4 is 58.2 Å². The van der Waals surface area contributed by atoms with E-state index in [9.17, 15) is 4.79 Å². The van der Waals surface area contributed by atoms with Crippen molar-refractivity contribution in [3.63, 3.8) is 0 Å². The summed E-state index contributed by atoms with van der Waals surface area (Å²) in [5.41, 5.74) is 1.16. The lowest BCUT2D eigenvalue weighted by Crippen LogP contribution is -2.15. The number of carbonyl (C=O) groups excluding carboxylic acids is 1. The van der Waals surface area contributed by atoms with Crippen LogP contribution in [0.15, 0.2) is 41.6 Å². The van der Waals surface area contributed by atoms with Gasteiger partial charge in [0.15, 0.2) is 11.0 Å². The van der Waals surface area contributed by atoms with Crippen LogP contribution in [-0.4, -0.2) is 33.5 Å². The monoisotopic (exact) mass is 470 g/mol. The smallest absolute Gasteiger partial charge is 0.234 e. The quantitative estimate of drug-likeness (QED) is 0.450. The molecule has 152 valence electrons. The maximum atomic E-state index is 12.4. The Balaban J connectivity index is 1.75. The Hall–Kier alpha value is -1.93. The van der Waals surface area contributed by atoms with E-state index in [4.69, 9.17) is 39.5 Å². The molecular formula is C19H17Cl3N4O2S. The minimum atomic E-state index is -0.273. The third-order valence-corrected chi connectivity index (χ3v) is 5.77. The summed E-state index contributed by atoms with van der Waals surface area (Å²) in [7, 11) is 1.61. The molecule has 6 nitrogen and oxygen atoms in total. The number of hydrogen-bond donors (Lipinski definition) is 1. The van der Waals surface area contributed by atoms with Crippen molar-refractivity contribution in [1.82, 2.24) is 14.8 Å². The van der Waals surface area contributed by atoms with E-state index < -0.39 is 0 Å². The van der Waals surface area contributed by atoms with Crippen molar-refractivity contribution in [1.29, 1.82) is 0 Å². The number of rotatable bonds is 7. The van der Waals surface area contributed by atoms with Gasteiger partial charge in [0.05, 0.1) is 34.2 Å². The number of benzene rings is 2. The molecule has 1 N–H and O–H groups in total. The van der Waals surface area contributed by atoms with Gasteiger partial charge in [-0.05, 0) is 31.2 Å². The largest absolute Gasteiger partial charge is 0.496 e. The van der Waals surface area contributed by atoms with Crippen molar-refractivity contribution < 1.29 is 9.53 Å². The lowest BCUT2D eigenvalue weighted by molar-refractivity contribution is -0.113. The molecular weight excluding hydrogens is 455 g/mol. The molecule has 0 saturated carbocycles. The Morgan fingerprint density at radius 3 is 2.52 bits per heavy atom. The van der Waals surface area contributed by atoms with Gasteiger partial charge in [-0.3, -0.25) is 4.79 Å². The van der Waals surface area contributed by atoms with Crippen LogP contribution in [0.5, 0.6) is 5.75 Å². The second-order valence-electron chi connectivity index (χ2n) is 5.83. The molecule has 29 heavy (non-hydrogen) atoms. The van der Waals surface area contributed by atoms with Gasteiger partial charge >= 0.3 is 0 Å². The van der Waals surface area contributed by atoms with Gasteiger partial charge in [0.2, 0.25) is 5.91 Å². The Labute approximate surface area is 187 Å². The van der Waals surface area contributed by atoms with Crippen LogP contribution in [0.1, 0.15) is 6.92 Å². The van der Waals surface area contributed by atoms with E-state index in [1.807, 2.05) is 35.8 Å². The molecule has 1 heterocycles. The number of amides is 1. The number of halogens is 3. The first-order valence-electron chi connectivity index (χ1n) is 8.58. The minimum Gasteiger partial charge on any atom is -0.496 e. The van der Waals surface area contributed by atoms with Gasteiger partial charge in [-0.15, -0.1) is 10.2 Å². The summed E-state index contributed by atoms with van der Waals surface area (Å²) < 4.78 is 7.35. The molecule has 0 atom stereocenters. The lowest BCUT2D eigenvalue weighted by Gasteiger charge is -2.11. The second kappa shape index (κ2) is 9.71. The molecule has 0 saturated heterocycles. The maximum absolute atomic E-state index is 12.4. The standard InChI is InChI=1S/C19H17Cl3N4O2S/c1-3-26-18(12-6-4-5-7-15(12)28-2)24-25-19(26)29-10-16(27)23-17-13(21)8-11(20)9-14(17)22/h4-9H,3,10H2,1-2H3,(H,23,27). The predicted molar refractivity (Wildman–Crippen MR) is 119 cm³/mol. The molecule has 0 spiro atoms. The lowest BCUT2D eigenvalue weighted by atomic mass is 10.2. The normalized spacial score (nSPS) is 10.8. The van der Waals surface area contributed by atoms with E-state index in [2.05, 4.69) is 15.5 Å². The highest BCUT2D eigenvalue weighted by Crippen LogP contribution is 2.34. The molecule has 2 aromatic carbocycles. The molecule has 3 aromatic rings. The van der Waals surface area contributed by atoms with E-state index >= 15 is 0 Å². The van der Waals surface area contributed by atoms with E-state index in [0.29, 0.717) is 34.0 Å². The Bertz CT molecular complexity index is 1020. The van der Waals surface area contributed by atoms with Crippen LogP contribution in [-0.2, 0) is 11.3 Å². The van der Waals surface area contributed by atoms with Crippen LogP contribution >= 0.6 is 46.6 Å². The molecule has 0 bridgehead atoms. The van der Waals surface area contributed by atoms with Gasteiger partial charge in [-0.25, -0.2) is 0 Å². The number of para-hydroxylation sites is 1. The fourth-order valence-corrected chi connectivity index (χ4v) is 4.39. The van der Waals surface area contributed by atoms with Gasteiger partial charge in [-0.1, -0.05) is 58.7 Å². The summed E-state index contributed by atoms with van der Waals surface area (Å²) in [6.45, 7) is 2.62. The van der Waals surface area contributed by atoms with E-state index in [-0.39, 0.29) is 21.7 Å². The summed E-state index contributed by atoms with van der Waals surface area (Å²) in [6, 6.07) is 10.6. The molecule has 1 aromatic heterocycles. The highest BCUT2D eigenvalue weighted by atomic mass is 35.5. The number of hydrogen-bond acceptors (Lipinski definition) is 5. The average molecular weight is 472 g/mol. The Morgan fingerprint density at radius 1 is 1.17 bits per heavy atom. The minimum absolute atomic E-state index is 0.110. The molecule has 0 aliphatic carbocycles. The number of aromatic nitrogens is 3. The predicted octanol–water partition coefficient (Wildman–Crippen LogP) is 5.66. The molecule has 1 amide bonds. The highest BCUT2D eigenvalue weighted by Gasteiger charge is 2.18. The summed E-state index contributed by atoms with van der Waals surface area (Å²) in [6.07, 6.45) is 0. The summed E-state index contributed by atoms with van der Waals surface area (Å²) in [4.78, 5) is 12.4. The molecule has 3 rings (SSSR count). The van der Waals surface area contributed by atoms with E-state index in [0.717, 1.165) is 5.56 Å². The van der Waals surface area contributed by atoms with Crippen LogP contribution in [0.3, 0.4) is 0 Å². The van der Waals surface area contributed by atoms with Crippen LogP contribution in [0, 0.1) is 0 Å². The summed E-state index contributed by atoms with van der Waals surface area (Å²) in [5.74, 6) is 1.22. The van der Waals surface area contributed by atoms with Gasteiger partial charge < -0.3 is 14.6 Å². The molecule has 10 heteroatoms. The Kier molecular flexibility index (Phi) is 7.29. The summed E-state index contributed by atoms with van der Waals surface area (Å²) in [5, 5.41) is 12.8. The number of ether oxygens (including phenoxy) is 1. The van der Waals surface area contributed by atoms with Crippen molar-refractivity contribution in [2.75, 3.05) is 18.2 Å². The van der Waals surface area contributed by atoms with Crippen LogP contribution in [0.4, 0.5) is 5.69 Å². The van der Waals surface area contributed by atoms with Crippen LogP contribution < -0.4 is 10.1 Å².